The summed E-state index contributed by atoms with van der Waals surface area (Å²) in [5.41, 5.74) is -4.28. The van der Waals surface area contributed by atoms with Gasteiger partial charge in [-0.1, -0.05) is 47.0 Å². The second-order valence-electron chi connectivity index (χ2n) is 9.73. The topological polar surface area (TPSA) is 156 Å². The number of hydrogen-bond acceptors (Lipinski definition) is 8. The van der Waals surface area contributed by atoms with E-state index in [1.54, 1.807) is 13.8 Å². The van der Waals surface area contributed by atoms with Crippen LogP contribution in [0.3, 0.4) is 0 Å². The van der Waals surface area contributed by atoms with Crippen LogP contribution in [0.5, 0.6) is 0 Å². The molecule has 1 unspecified atom stereocenters. The van der Waals surface area contributed by atoms with Crippen LogP contribution in [0.4, 0.5) is 0 Å². The Kier molecular flexibility index (Phi) is 9.89. The summed E-state index contributed by atoms with van der Waals surface area (Å²) in [7, 11) is -4.34. The minimum absolute atomic E-state index is 0.0301. The van der Waals surface area contributed by atoms with Gasteiger partial charge in [0.1, 0.15) is 0 Å². The van der Waals surface area contributed by atoms with Gasteiger partial charge in [0.2, 0.25) is 11.7 Å². The molecule has 1 amide bonds. The highest BCUT2D eigenvalue weighted by Crippen LogP contribution is 2.51. The van der Waals surface area contributed by atoms with Gasteiger partial charge < -0.3 is 20.3 Å². The van der Waals surface area contributed by atoms with Gasteiger partial charge >= 0.3 is 11.9 Å². The first-order valence-corrected chi connectivity index (χ1v) is 12.9. The zero-order chi connectivity index (χ0) is 25.7. The van der Waals surface area contributed by atoms with E-state index in [1.807, 2.05) is 0 Å². The molecule has 3 N–H and O–H groups in total. The third-order valence-electron chi connectivity index (χ3n) is 6.61. The highest BCUT2D eigenvalue weighted by atomic mass is 32.2. The van der Waals surface area contributed by atoms with Crippen molar-refractivity contribution in [2.45, 2.75) is 91.5 Å². The number of aliphatic hydroxyl groups is 1. The molecular weight excluding hydrogens is 454 g/mol. The van der Waals surface area contributed by atoms with Crippen molar-refractivity contribution in [3.63, 3.8) is 0 Å². The number of carbonyl (C=O) groups excluding carboxylic acids is 2. The summed E-state index contributed by atoms with van der Waals surface area (Å²) in [6, 6.07) is 0. The monoisotopic (exact) mass is 493 g/mol. The Hall–Kier alpha value is -1.72. The lowest BCUT2D eigenvalue weighted by Crippen LogP contribution is -2.67. The number of rotatable bonds is 12. The average molecular weight is 494 g/mol. The highest BCUT2D eigenvalue weighted by Gasteiger charge is 2.66. The molecule has 1 aliphatic rings. The predicted octanol–water partition coefficient (Wildman–Crippen LogP) is 2.20. The van der Waals surface area contributed by atoms with Crippen molar-refractivity contribution < 1.29 is 41.9 Å². The summed E-state index contributed by atoms with van der Waals surface area (Å²) in [6.45, 7) is 8.34. The molecule has 11 heteroatoms. The first-order valence-electron chi connectivity index (χ1n) is 11.4. The van der Waals surface area contributed by atoms with Crippen molar-refractivity contribution >= 4 is 28.0 Å². The summed E-state index contributed by atoms with van der Waals surface area (Å²) in [5.74, 6) is -6.79. The van der Waals surface area contributed by atoms with Crippen molar-refractivity contribution in [3.8, 4) is 0 Å². The summed E-state index contributed by atoms with van der Waals surface area (Å²) >= 11 is 0. The van der Waals surface area contributed by atoms with Gasteiger partial charge in [0, 0.05) is 20.4 Å². The van der Waals surface area contributed by atoms with E-state index >= 15 is 0 Å². The average Bonchev–Trinajstić information content (AvgIpc) is 2.70. The van der Waals surface area contributed by atoms with Crippen LogP contribution in [0.15, 0.2) is 0 Å². The van der Waals surface area contributed by atoms with Crippen molar-refractivity contribution in [3.05, 3.63) is 0 Å². The number of ether oxygens (including phenoxy) is 1. The Morgan fingerprint density at radius 2 is 1.64 bits per heavy atom. The second-order valence-corrected chi connectivity index (χ2v) is 11.4. The molecule has 0 saturated heterocycles. The van der Waals surface area contributed by atoms with Crippen molar-refractivity contribution in [1.82, 2.24) is 5.32 Å². The smallest absolute Gasteiger partial charge is 0.336 e. The van der Waals surface area contributed by atoms with Crippen LogP contribution < -0.4 is 5.32 Å². The molecule has 2 atom stereocenters. The molecule has 0 bridgehead atoms. The third kappa shape index (κ3) is 6.89. The minimum atomic E-state index is -4.34. The molecular formula is C22H39NO9S. The SMILES string of the molecule is CC(=O)NCCCS(=O)(=O)OC(C)(OC(=O)C(C)C)C(C)(C)[C@@](O)(C(=O)O)C1CCCCC1. The quantitative estimate of drug-likeness (QED) is 0.160. The highest BCUT2D eigenvalue weighted by molar-refractivity contribution is 7.86. The summed E-state index contributed by atoms with van der Waals surface area (Å²) < 4.78 is 36.5. The number of esters is 1. The van der Waals surface area contributed by atoms with Gasteiger partial charge in [0.15, 0.2) is 5.60 Å². The minimum Gasteiger partial charge on any atom is -0.479 e. The Bertz CT molecular complexity index is 818. The third-order valence-corrected chi connectivity index (χ3v) is 7.97. The van der Waals surface area contributed by atoms with Crippen LogP contribution >= 0.6 is 0 Å². The summed E-state index contributed by atoms with van der Waals surface area (Å²) in [4.78, 5) is 36.0. The molecule has 1 aliphatic carbocycles. The van der Waals surface area contributed by atoms with E-state index < -0.39 is 56.4 Å². The Balaban J connectivity index is 3.40. The van der Waals surface area contributed by atoms with E-state index in [0.717, 1.165) is 19.3 Å². The summed E-state index contributed by atoms with van der Waals surface area (Å²) in [5, 5.41) is 24.2. The molecule has 0 aliphatic heterocycles. The number of hydrogen-bond donors (Lipinski definition) is 3. The van der Waals surface area contributed by atoms with Crippen molar-refractivity contribution in [1.29, 1.82) is 0 Å². The van der Waals surface area contributed by atoms with E-state index in [4.69, 9.17) is 8.92 Å². The van der Waals surface area contributed by atoms with E-state index in [1.165, 1.54) is 27.7 Å². The fraction of sp³-hybridized carbons (Fsp3) is 0.864. The zero-order valence-electron chi connectivity index (χ0n) is 20.5. The first-order chi connectivity index (χ1) is 15.0. The second kappa shape index (κ2) is 11.1. The molecule has 0 radical (unpaired) electrons. The Labute approximate surface area is 196 Å². The molecule has 0 aromatic carbocycles. The fourth-order valence-electron chi connectivity index (χ4n) is 4.17. The summed E-state index contributed by atoms with van der Waals surface area (Å²) in [6.07, 6.45) is 3.25. The largest absolute Gasteiger partial charge is 0.479 e. The molecule has 0 aromatic heterocycles. The maximum Gasteiger partial charge on any atom is 0.336 e. The van der Waals surface area contributed by atoms with Crippen molar-refractivity contribution in [2.24, 2.45) is 17.3 Å². The van der Waals surface area contributed by atoms with Gasteiger partial charge in [-0.2, -0.15) is 8.42 Å². The van der Waals surface area contributed by atoms with Crippen LogP contribution in [-0.2, 0) is 33.4 Å². The Morgan fingerprint density at radius 1 is 1.09 bits per heavy atom. The van der Waals surface area contributed by atoms with Gasteiger partial charge in [-0.3, -0.25) is 9.59 Å². The standard InChI is InChI=1S/C22H39NO9S/c1-15(2)18(25)31-21(6,32-33(29,30)14-10-13-23-16(3)24)20(4,5)22(28,19(26)27)17-11-8-7-9-12-17/h15,17,28H,7-14H2,1-6H3,(H,23,24)(H,26,27)/t21?,22-/m0/s1. The Morgan fingerprint density at radius 3 is 2.09 bits per heavy atom. The van der Waals surface area contributed by atoms with E-state index in [2.05, 4.69) is 5.32 Å². The van der Waals surface area contributed by atoms with E-state index in [0.29, 0.717) is 12.8 Å². The molecule has 1 fully saturated rings. The lowest BCUT2D eigenvalue weighted by atomic mass is 9.60. The molecule has 0 heterocycles. The molecule has 0 spiro atoms. The normalized spacial score (nSPS) is 19.4. The van der Waals surface area contributed by atoms with Crippen LogP contribution in [0, 0.1) is 17.3 Å². The predicted molar refractivity (Wildman–Crippen MR) is 120 cm³/mol. The number of carboxylic acids is 1. The van der Waals surface area contributed by atoms with Gasteiger partial charge in [0.05, 0.1) is 17.1 Å². The molecule has 192 valence electrons. The van der Waals surface area contributed by atoms with Gasteiger partial charge in [-0.25, -0.2) is 8.98 Å². The maximum atomic E-state index is 12.8. The van der Waals surface area contributed by atoms with Crippen LogP contribution in [0.25, 0.3) is 0 Å². The van der Waals surface area contributed by atoms with Crippen LogP contribution in [-0.4, -0.2) is 60.2 Å². The first kappa shape index (κ1) is 29.3. The van der Waals surface area contributed by atoms with E-state index in [9.17, 15) is 33.0 Å². The lowest BCUT2D eigenvalue weighted by molar-refractivity contribution is -0.282. The number of carbonyl (C=O) groups is 3. The van der Waals surface area contributed by atoms with E-state index in [-0.39, 0.29) is 18.9 Å². The van der Waals surface area contributed by atoms with Gasteiger partial charge in [-0.05, 0) is 25.2 Å². The number of amides is 1. The van der Waals surface area contributed by atoms with Crippen molar-refractivity contribution in [2.75, 3.05) is 12.3 Å². The van der Waals surface area contributed by atoms with Crippen LogP contribution in [0.2, 0.25) is 0 Å². The van der Waals surface area contributed by atoms with Gasteiger partial charge in [-0.15, -0.1) is 0 Å². The number of nitrogens with one attached hydrogen (secondary N) is 1. The van der Waals surface area contributed by atoms with Crippen LogP contribution in [0.1, 0.15) is 80.1 Å². The van der Waals surface area contributed by atoms with Gasteiger partial charge in [0.25, 0.3) is 10.1 Å². The fourth-order valence-corrected chi connectivity index (χ4v) is 5.48. The lowest BCUT2D eigenvalue weighted by Gasteiger charge is -2.52. The molecule has 33 heavy (non-hydrogen) atoms. The zero-order valence-corrected chi connectivity index (χ0v) is 21.3. The molecule has 1 rings (SSSR count). The maximum absolute atomic E-state index is 12.8. The number of carboxylic acid groups (broad SMARTS) is 1. The molecule has 1 saturated carbocycles. The molecule has 0 aromatic rings. The number of aliphatic carboxylic acids is 1. The molecule has 10 nitrogen and oxygen atoms in total.